The summed E-state index contributed by atoms with van der Waals surface area (Å²) in [5, 5.41) is 9.16. The SMILES string of the molecule is CN[C@@H](C)C(=O)N[C@H](C(=O)N1C[C@H]2CCCN2C[C@H]1C(=O)NCc1ccccc1C)C1CCCCC1. The van der Waals surface area contributed by atoms with Gasteiger partial charge in [-0.05, 0) is 70.2 Å². The Morgan fingerprint density at radius 2 is 1.78 bits per heavy atom. The van der Waals surface area contributed by atoms with Crippen molar-refractivity contribution >= 4 is 17.7 Å². The molecule has 1 aromatic carbocycles. The number of likely N-dealkylation sites (N-methyl/N-ethyl adjacent to an activating group) is 1. The monoisotopic (exact) mass is 497 g/mol. The first-order chi connectivity index (χ1) is 17.4. The molecule has 2 saturated heterocycles. The third-order valence-electron chi connectivity index (χ3n) is 8.50. The quantitative estimate of drug-likeness (QED) is 0.511. The van der Waals surface area contributed by atoms with Crippen LogP contribution in [-0.2, 0) is 20.9 Å². The lowest BCUT2D eigenvalue weighted by Gasteiger charge is -2.45. The van der Waals surface area contributed by atoms with Gasteiger partial charge in [-0.25, -0.2) is 0 Å². The number of aryl methyl sites for hydroxylation is 1. The van der Waals surface area contributed by atoms with Crippen molar-refractivity contribution in [2.75, 3.05) is 26.7 Å². The number of rotatable bonds is 8. The topological polar surface area (TPSA) is 93.8 Å². The number of fused-ring (bicyclic) bond motifs is 1. The Morgan fingerprint density at radius 1 is 1.03 bits per heavy atom. The van der Waals surface area contributed by atoms with Crippen LogP contribution in [0.1, 0.15) is 63.0 Å². The van der Waals surface area contributed by atoms with Crippen LogP contribution in [0.5, 0.6) is 0 Å². The molecule has 4 rings (SSSR count). The van der Waals surface area contributed by atoms with Gasteiger partial charge in [-0.2, -0.15) is 0 Å². The van der Waals surface area contributed by atoms with E-state index in [1.165, 1.54) is 6.42 Å². The van der Waals surface area contributed by atoms with Gasteiger partial charge in [0.25, 0.3) is 0 Å². The average Bonchev–Trinajstić information content (AvgIpc) is 3.37. The molecule has 0 radical (unpaired) electrons. The van der Waals surface area contributed by atoms with Crippen molar-refractivity contribution < 1.29 is 14.4 Å². The van der Waals surface area contributed by atoms with E-state index < -0.39 is 12.1 Å². The lowest BCUT2D eigenvalue weighted by Crippen LogP contribution is -2.66. The molecule has 0 aromatic heterocycles. The van der Waals surface area contributed by atoms with Crippen LogP contribution in [0.15, 0.2) is 24.3 Å². The van der Waals surface area contributed by atoms with Gasteiger partial charge >= 0.3 is 0 Å². The van der Waals surface area contributed by atoms with Crippen LogP contribution in [-0.4, -0.2) is 78.4 Å². The second-order valence-corrected chi connectivity index (χ2v) is 10.8. The first-order valence-corrected chi connectivity index (χ1v) is 13.7. The maximum absolute atomic E-state index is 14.2. The molecule has 3 N–H and O–H groups in total. The normalized spacial score (nSPS) is 24.6. The Labute approximate surface area is 215 Å². The molecule has 1 saturated carbocycles. The zero-order chi connectivity index (χ0) is 25.7. The van der Waals surface area contributed by atoms with E-state index in [1.807, 2.05) is 31.2 Å². The molecule has 1 aromatic rings. The Hall–Kier alpha value is -2.45. The number of nitrogens with one attached hydrogen (secondary N) is 3. The Kier molecular flexibility index (Phi) is 9.01. The molecule has 2 aliphatic heterocycles. The number of hydrogen-bond donors (Lipinski definition) is 3. The Balaban J connectivity index is 1.54. The highest BCUT2D eigenvalue weighted by molar-refractivity contribution is 5.93. The zero-order valence-electron chi connectivity index (χ0n) is 22.1. The summed E-state index contributed by atoms with van der Waals surface area (Å²) in [5.41, 5.74) is 2.21. The number of carbonyl (C=O) groups excluding carboxylic acids is 3. The molecule has 198 valence electrons. The van der Waals surface area contributed by atoms with Gasteiger partial charge in [-0.3, -0.25) is 19.3 Å². The highest BCUT2D eigenvalue weighted by Crippen LogP contribution is 2.30. The van der Waals surface area contributed by atoms with E-state index in [1.54, 1.807) is 18.9 Å². The number of carbonyl (C=O) groups is 3. The number of piperazine rings is 1. The summed E-state index contributed by atoms with van der Waals surface area (Å²) in [4.78, 5) is 44.7. The molecule has 8 nitrogen and oxygen atoms in total. The van der Waals surface area contributed by atoms with Gasteiger partial charge in [0.1, 0.15) is 12.1 Å². The molecule has 4 atom stereocenters. The Morgan fingerprint density at radius 3 is 2.50 bits per heavy atom. The molecule has 1 aliphatic carbocycles. The number of nitrogens with zero attached hydrogens (tertiary/aromatic N) is 2. The van der Waals surface area contributed by atoms with E-state index in [0.29, 0.717) is 19.6 Å². The molecule has 0 spiro atoms. The third kappa shape index (κ3) is 6.09. The fourth-order valence-electron chi connectivity index (χ4n) is 6.03. The lowest BCUT2D eigenvalue weighted by atomic mass is 9.82. The van der Waals surface area contributed by atoms with Crippen LogP contribution in [0.3, 0.4) is 0 Å². The zero-order valence-corrected chi connectivity index (χ0v) is 22.1. The van der Waals surface area contributed by atoms with Crippen LogP contribution in [0.4, 0.5) is 0 Å². The van der Waals surface area contributed by atoms with Crippen molar-refractivity contribution in [2.24, 2.45) is 5.92 Å². The molecule has 0 unspecified atom stereocenters. The number of benzene rings is 1. The van der Waals surface area contributed by atoms with Crippen molar-refractivity contribution in [1.29, 1.82) is 0 Å². The highest BCUT2D eigenvalue weighted by atomic mass is 16.2. The summed E-state index contributed by atoms with van der Waals surface area (Å²) in [7, 11) is 1.75. The van der Waals surface area contributed by atoms with Crippen LogP contribution in [0, 0.1) is 12.8 Å². The van der Waals surface area contributed by atoms with E-state index in [0.717, 1.165) is 56.2 Å². The molecule has 3 amide bonds. The summed E-state index contributed by atoms with van der Waals surface area (Å²) in [6, 6.07) is 6.78. The van der Waals surface area contributed by atoms with Gasteiger partial charge < -0.3 is 20.9 Å². The molecule has 36 heavy (non-hydrogen) atoms. The average molecular weight is 498 g/mol. The molecular weight excluding hydrogens is 454 g/mol. The van der Waals surface area contributed by atoms with Gasteiger partial charge in [-0.1, -0.05) is 43.5 Å². The van der Waals surface area contributed by atoms with Crippen LogP contribution in [0.25, 0.3) is 0 Å². The smallest absolute Gasteiger partial charge is 0.246 e. The minimum atomic E-state index is -0.590. The van der Waals surface area contributed by atoms with Crippen LogP contribution < -0.4 is 16.0 Å². The number of hydrogen-bond acceptors (Lipinski definition) is 5. The van der Waals surface area contributed by atoms with E-state index >= 15 is 0 Å². The van der Waals surface area contributed by atoms with Crippen molar-refractivity contribution in [1.82, 2.24) is 25.8 Å². The predicted octanol–water partition coefficient (Wildman–Crippen LogP) is 1.96. The van der Waals surface area contributed by atoms with Gasteiger partial charge in [0.2, 0.25) is 17.7 Å². The van der Waals surface area contributed by atoms with Crippen LogP contribution >= 0.6 is 0 Å². The summed E-state index contributed by atoms with van der Waals surface area (Å²) in [5.74, 6) is -0.270. The molecule has 0 bridgehead atoms. The first-order valence-electron chi connectivity index (χ1n) is 13.7. The van der Waals surface area contributed by atoms with Gasteiger partial charge in [0.05, 0.1) is 6.04 Å². The Bertz CT molecular complexity index is 932. The van der Waals surface area contributed by atoms with Crippen LogP contribution in [0.2, 0.25) is 0 Å². The molecule has 2 heterocycles. The predicted molar refractivity (Wildman–Crippen MR) is 140 cm³/mol. The molecular formula is C28H43N5O3. The van der Waals surface area contributed by atoms with E-state index in [9.17, 15) is 14.4 Å². The van der Waals surface area contributed by atoms with Crippen molar-refractivity contribution in [3.8, 4) is 0 Å². The van der Waals surface area contributed by atoms with E-state index in [4.69, 9.17) is 0 Å². The summed E-state index contributed by atoms with van der Waals surface area (Å²) < 4.78 is 0. The molecule has 3 aliphatic rings. The minimum absolute atomic E-state index is 0.0962. The van der Waals surface area contributed by atoms with Crippen molar-refractivity contribution in [3.63, 3.8) is 0 Å². The fourth-order valence-corrected chi connectivity index (χ4v) is 6.03. The fraction of sp³-hybridized carbons (Fsp3) is 0.679. The second-order valence-electron chi connectivity index (χ2n) is 10.8. The molecule has 3 fully saturated rings. The third-order valence-corrected chi connectivity index (χ3v) is 8.50. The van der Waals surface area contributed by atoms with Crippen molar-refractivity contribution in [3.05, 3.63) is 35.4 Å². The molecule has 8 heteroatoms. The highest BCUT2D eigenvalue weighted by Gasteiger charge is 2.45. The lowest BCUT2D eigenvalue weighted by molar-refractivity contribution is -0.149. The summed E-state index contributed by atoms with van der Waals surface area (Å²) in [6.07, 6.45) is 7.30. The standard InChI is InChI=1S/C28H43N5O3/c1-19-10-7-8-13-22(19)16-30-27(35)24-18-32-15-9-14-23(32)17-33(24)28(36)25(21-11-5-4-6-12-21)31-26(34)20(2)29-3/h7-8,10,13,20-21,23-25,29H,4-6,9,11-12,14-18H2,1-3H3,(H,30,35)(H,31,34)/t20-,23+,24-,25-/m0/s1. The first kappa shape index (κ1) is 26.6. The maximum atomic E-state index is 14.2. The summed E-state index contributed by atoms with van der Waals surface area (Å²) >= 11 is 0. The van der Waals surface area contributed by atoms with Gasteiger partial charge in [-0.15, -0.1) is 0 Å². The minimum Gasteiger partial charge on any atom is -0.350 e. The maximum Gasteiger partial charge on any atom is 0.246 e. The van der Waals surface area contributed by atoms with E-state index in [2.05, 4.69) is 20.9 Å². The summed E-state index contributed by atoms with van der Waals surface area (Å²) in [6.45, 7) is 6.34. The van der Waals surface area contributed by atoms with Gasteiger partial charge in [0.15, 0.2) is 0 Å². The largest absolute Gasteiger partial charge is 0.350 e. The van der Waals surface area contributed by atoms with Gasteiger partial charge in [0, 0.05) is 25.7 Å². The van der Waals surface area contributed by atoms with E-state index in [-0.39, 0.29) is 35.7 Å². The number of amides is 3. The van der Waals surface area contributed by atoms with Crippen molar-refractivity contribution in [2.45, 2.75) is 89.5 Å². The second kappa shape index (κ2) is 12.2.